The first-order valence-electron chi connectivity index (χ1n) is 15.2. The molecule has 0 bridgehead atoms. The molecular formula is C34H47NO3. The smallest absolute Gasteiger partial charge is 0.228 e. The van der Waals surface area contributed by atoms with Crippen molar-refractivity contribution in [2.45, 2.75) is 106 Å². The highest BCUT2D eigenvalue weighted by Gasteiger charge is 2.67. The number of nitrogens with zero attached hydrogens (tertiary/aromatic N) is 1. The molecular weight excluding hydrogens is 470 g/mol. The van der Waals surface area contributed by atoms with E-state index in [2.05, 4.69) is 52.5 Å². The molecule has 7 atom stereocenters. The first-order valence-corrected chi connectivity index (χ1v) is 15.2. The number of hydrogen-bond acceptors (Lipinski definition) is 3. The van der Waals surface area contributed by atoms with E-state index in [1.807, 2.05) is 6.92 Å². The lowest BCUT2D eigenvalue weighted by atomic mass is 9.34. The van der Waals surface area contributed by atoms with Crippen molar-refractivity contribution >= 4 is 17.5 Å². The minimum Gasteiger partial charge on any atom is -0.342 e. The van der Waals surface area contributed by atoms with Crippen molar-refractivity contribution in [2.75, 3.05) is 13.1 Å². The van der Waals surface area contributed by atoms with Crippen LogP contribution in [0.2, 0.25) is 0 Å². The van der Waals surface area contributed by atoms with E-state index in [-0.39, 0.29) is 44.6 Å². The zero-order valence-corrected chi connectivity index (χ0v) is 24.8. The summed E-state index contributed by atoms with van der Waals surface area (Å²) in [5, 5.41) is 0. The number of amides is 1. The number of hydrogen-bond donors (Lipinski definition) is 0. The number of likely N-dealkylation sites (tertiary alicyclic amines) is 1. The van der Waals surface area contributed by atoms with Crippen molar-refractivity contribution in [1.82, 2.24) is 4.90 Å². The van der Waals surface area contributed by atoms with Crippen LogP contribution in [0.25, 0.3) is 0 Å². The first-order chi connectivity index (χ1) is 17.7. The number of allylic oxidation sites excluding steroid dienone is 6. The SMILES string of the molecule is CC1=C2C(=CC(=O)C1=O)[C@]1(C)CC[C@@]3(C)C4C[C@](C)(C(=O)N5CCCC5)CC[C@]4(C)CC[C@]3(C)C1=CC2C. The Labute approximate surface area is 229 Å². The van der Waals surface area contributed by atoms with Crippen LogP contribution in [0.4, 0.5) is 0 Å². The van der Waals surface area contributed by atoms with Gasteiger partial charge in [0.05, 0.1) is 0 Å². The van der Waals surface area contributed by atoms with Gasteiger partial charge in [-0.15, -0.1) is 0 Å². The van der Waals surface area contributed by atoms with Gasteiger partial charge in [0, 0.05) is 29.5 Å². The minimum atomic E-state index is -0.353. The molecule has 4 fully saturated rings. The molecule has 6 rings (SSSR count). The van der Waals surface area contributed by atoms with Crippen LogP contribution in [-0.2, 0) is 14.4 Å². The summed E-state index contributed by atoms with van der Waals surface area (Å²) in [6.07, 6.45) is 14.0. The third-order valence-corrected chi connectivity index (χ3v) is 13.2. The van der Waals surface area contributed by atoms with Crippen molar-refractivity contribution in [2.24, 2.45) is 38.9 Å². The molecule has 6 aliphatic rings. The lowest BCUT2D eigenvalue weighted by Gasteiger charge is -2.70. The molecule has 0 aromatic rings. The van der Waals surface area contributed by atoms with Crippen LogP contribution in [0.15, 0.2) is 34.4 Å². The Morgan fingerprint density at radius 3 is 2.26 bits per heavy atom. The van der Waals surface area contributed by atoms with Crippen molar-refractivity contribution in [3.05, 3.63) is 34.4 Å². The van der Waals surface area contributed by atoms with E-state index in [4.69, 9.17) is 0 Å². The Morgan fingerprint density at radius 1 is 0.921 bits per heavy atom. The van der Waals surface area contributed by atoms with Crippen LogP contribution in [0.3, 0.4) is 0 Å². The third kappa shape index (κ3) is 3.18. The fourth-order valence-electron chi connectivity index (χ4n) is 10.5. The van der Waals surface area contributed by atoms with Gasteiger partial charge in [-0.05, 0) is 110 Å². The molecule has 0 spiro atoms. The first kappa shape index (κ1) is 26.3. The number of rotatable bonds is 1. The van der Waals surface area contributed by atoms with Gasteiger partial charge in [-0.3, -0.25) is 14.4 Å². The summed E-state index contributed by atoms with van der Waals surface area (Å²) < 4.78 is 0. The molecule has 4 nitrogen and oxygen atoms in total. The Hall–Kier alpha value is -1.97. The van der Waals surface area contributed by atoms with Gasteiger partial charge in [0.1, 0.15) is 0 Å². The van der Waals surface area contributed by atoms with E-state index in [0.29, 0.717) is 17.4 Å². The van der Waals surface area contributed by atoms with Crippen molar-refractivity contribution in [3.63, 3.8) is 0 Å². The molecule has 0 radical (unpaired) electrons. The zero-order chi connectivity index (χ0) is 27.5. The molecule has 38 heavy (non-hydrogen) atoms. The van der Waals surface area contributed by atoms with Gasteiger partial charge in [-0.1, -0.05) is 53.2 Å². The quantitative estimate of drug-likeness (QED) is 0.214. The molecule has 1 aliphatic heterocycles. The highest BCUT2D eigenvalue weighted by Crippen LogP contribution is 2.76. The fraction of sp³-hybridized carbons (Fsp3) is 0.735. The summed E-state index contributed by atoms with van der Waals surface area (Å²) in [4.78, 5) is 41.4. The van der Waals surface area contributed by atoms with Gasteiger partial charge < -0.3 is 4.90 Å². The molecule has 206 valence electrons. The maximum atomic E-state index is 13.9. The molecule has 5 aliphatic carbocycles. The summed E-state index contributed by atoms with van der Waals surface area (Å²) in [5.74, 6) is 0.332. The summed E-state index contributed by atoms with van der Waals surface area (Å²) in [6.45, 7) is 18.1. The summed E-state index contributed by atoms with van der Waals surface area (Å²) in [7, 11) is 0. The number of carbonyl (C=O) groups excluding carboxylic acids is 3. The average molecular weight is 518 g/mol. The van der Waals surface area contributed by atoms with Crippen LogP contribution in [-0.4, -0.2) is 35.5 Å². The monoisotopic (exact) mass is 517 g/mol. The van der Waals surface area contributed by atoms with Crippen molar-refractivity contribution in [1.29, 1.82) is 0 Å². The van der Waals surface area contributed by atoms with Gasteiger partial charge >= 0.3 is 0 Å². The second-order valence-electron chi connectivity index (χ2n) is 15.2. The predicted octanol–water partition coefficient (Wildman–Crippen LogP) is 7.00. The average Bonchev–Trinajstić information content (AvgIpc) is 3.41. The Morgan fingerprint density at radius 2 is 1.58 bits per heavy atom. The lowest BCUT2D eigenvalue weighted by molar-refractivity contribution is -0.174. The molecule has 1 heterocycles. The standard InChI is InChI=1S/C34H47NO3/c1-21-18-25-32(5,23-19-24(36)28(37)22(2)27(21)23)13-15-34(7)26-20-31(4,29(38)35-16-8-9-17-35)11-10-30(26,3)12-14-33(25,34)6/h18-19,21,26H,8-17,20H2,1-7H3/t21?,26?,30-,31-,32+,33-,34+/m1/s1. The summed E-state index contributed by atoms with van der Waals surface area (Å²) >= 11 is 0. The van der Waals surface area contributed by atoms with E-state index in [1.165, 1.54) is 12.0 Å². The van der Waals surface area contributed by atoms with Crippen LogP contribution >= 0.6 is 0 Å². The second-order valence-corrected chi connectivity index (χ2v) is 15.2. The van der Waals surface area contributed by atoms with Crippen molar-refractivity contribution in [3.8, 4) is 0 Å². The van der Waals surface area contributed by atoms with Crippen LogP contribution in [0.5, 0.6) is 0 Å². The topological polar surface area (TPSA) is 54.5 Å². The minimum absolute atomic E-state index is 0.00183. The van der Waals surface area contributed by atoms with E-state index in [9.17, 15) is 14.4 Å². The highest BCUT2D eigenvalue weighted by atomic mass is 16.2. The number of carbonyl (C=O) groups is 3. The molecule has 0 N–H and O–H groups in total. The fourth-order valence-corrected chi connectivity index (χ4v) is 10.5. The lowest BCUT2D eigenvalue weighted by Crippen LogP contribution is -2.63. The third-order valence-electron chi connectivity index (χ3n) is 13.2. The Bertz CT molecular complexity index is 1230. The molecule has 3 saturated carbocycles. The normalized spacial score (nSPS) is 46.6. The molecule has 0 aromatic carbocycles. The highest BCUT2D eigenvalue weighted by molar-refractivity contribution is 6.48. The van der Waals surface area contributed by atoms with Gasteiger partial charge in [0.2, 0.25) is 17.5 Å². The van der Waals surface area contributed by atoms with Gasteiger partial charge in [-0.2, -0.15) is 0 Å². The Kier molecular flexibility index (Phi) is 5.56. The Balaban J connectivity index is 1.43. The van der Waals surface area contributed by atoms with E-state index in [0.717, 1.165) is 75.6 Å². The van der Waals surface area contributed by atoms with Crippen LogP contribution < -0.4 is 0 Å². The summed E-state index contributed by atoms with van der Waals surface area (Å²) in [5.41, 5.74) is 4.21. The van der Waals surface area contributed by atoms with Crippen LogP contribution in [0.1, 0.15) is 106 Å². The maximum absolute atomic E-state index is 13.9. The number of ketones is 2. The number of Topliss-reactive ketones (excluding diaryl/α,β-unsaturated/α-hetero) is 1. The van der Waals surface area contributed by atoms with Crippen molar-refractivity contribution < 1.29 is 14.4 Å². The van der Waals surface area contributed by atoms with E-state index < -0.39 is 0 Å². The summed E-state index contributed by atoms with van der Waals surface area (Å²) in [6, 6.07) is 0. The van der Waals surface area contributed by atoms with E-state index >= 15 is 0 Å². The van der Waals surface area contributed by atoms with Gasteiger partial charge in [0.25, 0.3) is 0 Å². The van der Waals surface area contributed by atoms with Gasteiger partial charge in [-0.25, -0.2) is 0 Å². The predicted molar refractivity (Wildman–Crippen MR) is 150 cm³/mol. The molecule has 1 amide bonds. The second kappa shape index (κ2) is 8.04. The molecule has 1 saturated heterocycles. The molecule has 0 aromatic heterocycles. The van der Waals surface area contributed by atoms with Gasteiger partial charge in [0.15, 0.2) is 0 Å². The largest absolute Gasteiger partial charge is 0.342 e. The zero-order valence-electron chi connectivity index (χ0n) is 24.8. The number of fused-ring (bicyclic) bond motifs is 7. The maximum Gasteiger partial charge on any atom is 0.228 e. The molecule has 2 unspecified atom stereocenters. The van der Waals surface area contributed by atoms with Crippen LogP contribution in [0, 0.1) is 38.9 Å². The van der Waals surface area contributed by atoms with E-state index in [1.54, 1.807) is 6.08 Å². The molecule has 4 heteroatoms.